The van der Waals surface area contributed by atoms with Crippen LogP contribution in [0.3, 0.4) is 0 Å². The molecule has 0 unspecified atom stereocenters. The number of hydrogen-bond acceptors (Lipinski definition) is 4. The Kier molecular flexibility index (Phi) is 6.58. The van der Waals surface area contributed by atoms with Crippen molar-refractivity contribution in [3.63, 3.8) is 0 Å². The highest BCUT2D eigenvalue weighted by atomic mass is 15.0. The molecule has 8 rings (SSSR count). The molecule has 4 aromatic carbocycles. The lowest BCUT2D eigenvalue weighted by atomic mass is 9.84. The third-order valence-electron chi connectivity index (χ3n) is 8.45. The Morgan fingerprint density at radius 3 is 2.00 bits per heavy atom. The summed E-state index contributed by atoms with van der Waals surface area (Å²) in [7, 11) is 0. The quantitative estimate of drug-likeness (QED) is 0.205. The molecule has 2 aliphatic heterocycles. The maximum atomic E-state index is 4.88. The molecular weight excluding hydrogens is 536 g/mol. The number of aromatic nitrogens is 2. The van der Waals surface area contributed by atoms with Gasteiger partial charge in [-0.05, 0) is 85.8 Å². The molecule has 210 valence electrons. The van der Waals surface area contributed by atoms with Crippen LogP contribution >= 0.6 is 0 Å². The summed E-state index contributed by atoms with van der Waals surface area (Å²) < 4.78 is 0. The minimum Gasteiger partial charge on any atom is -0.380 e. The number of benzene rings is 4. The van der Waals surface area contributed by atoms with Crippen LogP contribution in [-0.2, 0) is 0 Å². The largest absolute Gasteiger partial charge is 0.380 e. The van der Waals surface area contributed by atoms with Crippen LogP contribution in [-0.4, -0.2) is 23.1 Å². The van der Waals surface area contributed by atoms with Crippen molar-refractivity contribution < 1.29 is 0 Å². The van der Waals surface area contributed by atoms with E-state index in [9.17, 15) is 0 Å². The summed E-state index contributed by atoms with van der Waals surface area (Å²) in [6, 6.07) is 36.5. The van der Waals surface area contributed by atoms with Crippen LogP contribution in [0, 0.1) is 0 Å². The highest BCUT2D eigenvalue weighted by molar-refractivity contribution is 6.19. The van der Waals surface area contributed by atoms with Crippen molar-refractivity contribution in [2.45, 2.75) is 0 Å². The zero-order valence-electron chi connectivity index (χ0n) is 24.2. The predicted molar refractivity (Wildman–Crippen MR) is 183 cm³/mol. The number of hydrogen-bond donors (Lipinski definition) is 2. The number of rotatable bonds is 5. The Morgan fingerprint density at radius 2 is 1.27 bits per heavy atom. The van der Waals surface area contributed by atoms with Gasteiger partial charge in [0.15, 0.2) is 0 Å². The maximum Gasteiger partial charge on any atom is 0.0886 e. The van der Waals surface area contributed by atoms with Crippen LogP contribution < -0.4 is 10.6 Å². The van der Waals surface area contributed by atoms with Gasteiger partial charge in [0.2, 0.25) is 0 Å². The third-order valence-corrected chi connectivity index (χ3v) is 8.45. The first-order valence-electron chi connectivity index (χ1n) is 15.0. The van der Waals surface area contributed by atoms with Crippen LogP contribution in [0.5, 0.6) is 0 Å². The molecule has 4 heterocycles. The van der Waals surface area contributed by atoms with E-state index in [-0.39, 0.29) is 0 Å². The van der Waals surface area contributed by atoms with E-state index in [2.05, 4.69) is 131 Å². The predicted octanol–water partition coefficient (Wildman–Crippen LogP) is 8.70. The summed E-state index contributed by atoms with van der Waals surface area (Å²) in [5, 5.41) is 12.0. The zero-order chi connectivity index (χ0) is 29.3. The Labute approximate surface area is 256 Å². The van der Waals surface area contributed by atoms with Gasteiger partial charge in [-0.15, -0.1) is 0 Å². The average Bonchev–Trinajstić information content (AvgIpc) is 3.12. The molecule has 0 bridgehead atoms. The van der Waals surface area contributed by atoms with E-state index in [1.54, 1.807) is 0 Å². The van der Waals surface area contributed by atoms with Gasteiger partial charge in [-0.2, -0.15) is 0 Å². The van der Waals surface area contributed by atoms with Crippen LogP contribution in [0.4, 0.5) is 0 Å². The van der Waals surface area contributed by atoms with E-state index in [1.165, 1.54) is 49.4 Å². The Hall–Kier alpha value is -5.74. The Bertz CT molecular complexity index is 2140. The second-order valence-electron chi connectivity index (χ2n) is 11.1. The first kappa shape index (κ1) is 25.9. The highest BCUT2D eigenvalue weighted by Gasteiger charge is 2.20. The number of nitrogens with zero attached hydrogens (tertiary/aromatic N) is 2. The SMILES string of the molecule is C1=CCNC(C2=CC=C(c3c4ccccc4c(-c4ccc(-c5ccccn5)nc4)c4cc(-c5ccccc5)ccc34)CN2)=C1. The van der Waals surface area contributed by atoms with Crippen molar-refractivity contribution in [3.05, 3.63) is 163 Å². The van der Waals surface area contributed by atoms with Crippen molar-refractivity contribution in [3.8, 4) is 33.6 Å². The van der Waals surface area contributed by atoms with E-state index >= 15 is 0 Å². The van der Waals surface area contributed by atoms with Crippen LogP contribution in [0.2, 0.25) is 0 Å². The van der Waals surface area contributed by atoms with Gasteiger partial charge >= 0.3 is 0 Å². The Morgan fingerprint density at radius 1 is 0.523 bits per heavy atom. The Balaban J connectivity index is 1.36. The topological polar surface area (TPSA) is 49.8 Å². The fourth-order valence-electron chi connectivity index (χ4n) is 6.35. The summed E-state index contributed by atoms with van der Waals surface area (Å²) in [6.07, 6.45) is 14.6. The number of dihydropyridines is 2. The number of nitrogens with one attached hydrogen (secondary N) is 2. The first-order valence-corrected chi connectivity index (χ1v) is 15.0. The fourth-order valence-corrected chi connectivity index (χ4v) is 6.35. The molecule has 2 N–H and O–H groups in total. The van der Waals surface area contributed by atoms with Gasteiger partial charge < -0.3 is 10.6 Å². The van der Waals surface area contributed by atoms with E-state index in [0.29, 0.717) is 0 Å². The smallest absolute Gasteiger partial charge is 0.0886 e. The van der Waals surface area contributed by atoms with Gasteiger partial charge in [0.1, 0.15) is 0 Å². The van der Waals surface area contributed by atoms with Gasteiger partial charge in [0.05, 0.1) is 22.8 Å². The molecule has 6 aromatic rings. The summed E-state index contributed by atoms with van der Waals surface area (Å²) in [6.45, 7) is 1.59. The molecule has 4 heteroatoms. The molecule has 2 aromatic heterocycles. The van der Waals surface area contributed by atoms with Gasteiger partial charge in [-0.25, -0.2) is 0 Å². The maximum absolute atomic E-state index is 4.88. The monoisotopic (exact) mass is 566 g/mol. The van der Waals surface area contributed by atoms with Crippen LogP contribution in [0.25, 0.3) is 60.8 Å². The molecule has 0 aliphatic carbocycles. The van der Waals surface area contributed by atoms with Crippen molar-refractivity contribution in [2.24, 2.45) is 0 Å². The van der Waals surface area contributed by atoms with Gasteiger partial charge in [-0.1, -0.05) is 97.1 Å². The lowest BCUT2D eigenvalue weighted by Crippen LogP contribution is -2.27. The fraction of sp³-hybridized carbons (Fsp3) is 0.0500. The minimum absolute atomic E-state index is 0.744. The normalized spacial score (nSPS) is 14.4. The van der Waals surface area contributed by atoms with Gasteiger partial charge in [0, 0.05) is 31.0 Å². The standard InChI is InChI=1S/C40H30N4/c1-2-10-27(11-3-1)28-16-19-33-34(24-28)40(30-18-21-38(44-26-30)36-15-7-9-23-42-36)32-13-5-4-12-31(32)39(33)29-17-20-37(43-25-29)35-14-6-8-22-41-35/h1-21,23-24,26,41,43H,22,25H2. The molecule has 0 spiro atoms. The number of fused-ring (bicyclic) bond motifs is 2. The molecule has 0 fully saturated rings. The summed E-state index contributed by atoms with van der Waals surface area (Å²) in [5.74, 6) is 0. The lowest BCUT2D eigenvalue weighted by molar-refractivity contribution is 0.823. The number of allylic oxidation sites excluding steroid dienone is 4. The third kappa shape index (κ3) is 4.67. The van der Waals surface area contributed by atoms with E-state index in [1.807, 2.05) is 30.6 Å². The summed E-state index contributed by atoms with van der Waals surface area (Å²) >= 11 is 0. The summed E-state index contributed by atoms with van der Waals surface area (Å²) in [4.78, 5) is 9.38. The minimum atomic E-state index is 0.744. The second kappa shape index (κ2) is 11.2. The molecule has 0 atom stereocenters. The van der Waals surface area contributed by atoms with Crippen molar-refractivity contribution >= 4 is 27.1 Å². The molecule has 0 saturated carbocycles. The van der Waals surface area contributed by atoms with E-state index < -0.39 is 0 Å². The van der Waals surface area contributed by atoms with Crippen molar-refractivity contribution in [2.75, 3.05) is 13.1 Å². The van der Waals surface area contributed by atoms with Crippen molar-refractivity contribution in [1.82, 2.24) is 20.6 Å². The molecule has 0 radical (unpaired) electrons. The van der Waals surface area contributed by atoms with E-state index in [0.717, 1.165) is 41.4 Å². The number of pyridine rings is 2. The van der Waals surface area contributed by atoms with Gasteiger partial charge in [0.25, 0.3) is 0 Å². The van der Waals surface area contributed by atoms with Crippen LogP contribution in [0.15, 0.2) is 157 Å². The molecule has 44 heavy (non-hydrogen) atoms. The lowest BCUT2D eigenvalue weighted by Gasteiger charge is -2.24. The average molecular weight is 567 g/mol. The highest BCUT2D eigenvalue weighted by Crippen LogP contribution is 2.43. The molecule has 2 aliphatic rings. The molecule has 0 saturated heterocycles. The van der Waals surface area contributed by atoms with Crippen molar-refractivity contribution in [1.29, 1.82) is 0 Å². The van der Waals surface area contributed by atoms with Crippen LogP contribution in [0.1, 0.15) is 5.56 Å². The second-order valence-corrected chi connectivity index (χ2v) is 11.1. The van der Waals surface area contributed by atoms with Gasteiger partial charge in [-0.3, -0.25) is 9.97 Å². The zero-order valence-corrected chi connectivity index (χ0v) is 24.2. The van der Waals surface area contributed by atoms with E-state index in [4.69, 9.17) is 4.98 Å². The molecule has 0 amide bonds. The molecular formula is C40H30N4. The first-order chi connectivity index (χ1) is 21.8. The summed E-state index contributed by atoms with van der Waals surface area (Å²) in [5.41, 5.74) is 11.2. The molecule has 4 nitrogen and oxygen atoms in total.